The molecule has 0 aromatic heterocycles. The van der Waals surface area contributed by atoms with Crippen molar-refractivity contribution in [3.05, 3.63) is 64.7 Å². The maximum Gasteiger partial charge on any atom is 0.277 e. The lowest BCUT2D eigenvalue weighted by Crippen LogP contribution is -1.89. The predicted molar refractivity (Wildman–Crippen MR) is 66.9 cm³/mol. The summed E-state index contributed by atoms with van der Waals surface area (Å²) in [5.41, 5.74) is 0.129. The molecule has 0 amide bonds. The Hall–Kier alpha value is -2.42. The monoisotopic (exact) mass is 222 g/mol. The highest BCUT2D eigenvalue weighted by atomic mass is 16.6. The van der Waals surface area contributed by atoms with E-state index in [4.69, 9.17) is 0 Å². The van der Waals surface area contributed by atoms with Gasteiger partial charge in [0.2, 0.25) is 0 Å². The summed E-state index contributed by atoms with van der Waals surface area (Å²) in [5, 5.41) is 14.4. The largest absolute Gasteiger partial charge is 0.277 e. The number of nitro benzene ring substituents is 1. The second-order valence-electron chi connectivity index (χ2n) is 3.86. The fourth-order valence-electron chi connectivity index (χ4n) is 2.03. The van der Waals surface area contributed by atoms with Crippen LogP contribution in [-0.2, 0) is 0 Å². The topological polar surface area (TPSA) is 43.1 Å². The average molecular weight is 222 g/mol. The molecule has 0 spiro atoms. The number of non-ortho nitro benzene ring substituents is 1. The molecule has 3 heteroatoms. The van der Waals surface area contributed by atoms with E-state index in [1.807, 2.05) is 36.4 Å². The molecule has 0 aliphatic rings. The molecule has 0 saturated heterocycles. The Morgan fingerprint density at radius 2 is 1.76 bits per heavy atom. The van der Waals surface area contributed by atoms with Crippen LogP contribution in [0.15, 0.2) is 48.5 Å². The third-order valence-electron chi connectivity index (χ3n) is 2.84. The number of benzene rings is 3. The molecule has 3 aromatic rings. The summed E-state index contributed by atoms with van der Waals surface area (Å²) >= 11 is 0. The van der Waals surface area contributed by atoms with E-state index >= 15 is 0 Å². The molecule has 0 atom stereocenters. The predicted octanol–water partition coefficient (Wildman–Crippen LogP) is 3.70. The summed E-state index contributed by atoms with van der Waals surface area (Å²) in [6.07, 6.45) is 0. The van der Waals surface area contributed by atoms with E-state index < -0.39 is 0 Å². The number of hydrogen-bond donors (Lipinski definition) is 0. The summed E-state index contributed by atoms with van der Waals surface area (Å²) in [7, 11) is 0. The fourth-order valence-corrected chi connectivity index (χ4v) is 2.03. The molecule has 0 N–H and O–H groups in total. The standard InChI is InChI=1S/C14H8NO2/c16-15(17)14-7-3-6-12-8-10-4-1-2-5-11(10)9-13(12)14/h1-5,7-9H. The van der Waals surface area contributed by atoms with E-state index in [1.165, 1.54) is 6.07 Å². The van der Waals surface area contributed by atoms with Gasteiger partial charge in [0.25, 0.3) is 5.69 Å². The van der Waals surface area contributed by atoms with Gasteiger partial charge in [0.1, 0.15) is 0 Å². The van der Waals surface area contributed by atoms with E-state index in [9.17, 15) is 10.1 Å². The molecule has 81 valence electrons. The molecule has 0 saturated carbocycles. The number of fused-ring (bicyclic) bond motifs is 2. The van der Waals surface area contributed by atoms with Crippen LogP contribution < -0.4 is 0 Å². The molecule has 3 nitrogen and oxygen atoms in total. The highest BCUT2D eigenvalue weighted by Crippen LogP contribution is 2.29. The molecule has 17 heavy (non-hydrogen) atoms. The second kappa shape index (κ2) is 3.56. The van der Waals surface area contributed by atoms with Crippen LogP contribution in [-0.4, -0.2) is 4.92 Å². The Kier molecular flexibility index (Phi) is 2.05. The van der Waals surface area contributed by atoms with Gasteiger partial charge in [0, 0.05) is 6.07 Å². The highest BCUT2D eigenvalue weighted by Gasteiger charge is 2.11. The van der Waals surface area contributed by atoms with Crippen molar-refractivity contribution in [2.45, 2.75) is 0 Å². The lowest BCUT2D eigenvalue weighted by atomic mass is 10.0. The van der Waals surface area contributed by atoms with Gasteiger partial charge in [0.15, 0.2) is 0 Å². The summed E-state index contributed by atoms with van der Waals surface area (Å²) in [5.74, 6) is 0. The van der Waals surface area contributed by atoms with Gasteiger partial charge in [0.05, 0.1) is 10.3 Å². The van der Waals surface area contributed by atoms with Gasteiger partial charge in [-0.2, -0.15) is 0 Å². The van der Waals surface area contributed by atoms with E-state index in [-0.39, 0.29) is 10.6 Å². The third-order valence-corrected chi connectivity index (χ3v) is 2.84. The molecule has 0 unspecified atom stereocenters. The molecular weight excluding hydrogens is 214 g/mol. The maximum absolute atomic E-state index is 10.9. The van der Waals surface area contributed by atoms with Crippen LogP contribution in [0.1, 0.15) is 0 Å². The van der Waals surface area contributed by atoms with E-state index in [0.29, 0.717) is 5.39 Å². The van der Waals surface area contributed by atoms with Crippen LogP contribution in [0.2, 0.25) is 0 Å². The van der Waals surface area contributed by atoms with Crippen LogP contribution in [0.25, 0.3) is 21.5 Å². The second-order valence-corrected chi connectivity index (χ2v) is 3.86. The fraction of sp³-hybridized carbons (Fsp3) is 0. The number of rotatable bonds is 1. The zero-order chi connectivity index (χ0) is 11.8. The van der Waals surface area contributed by atoms with Crippen LogP contribution in [0.4, 0.5) is 5.69 Å². The van der Waals surface area contributed by atoms with Crippen molar-refractivity contribution in [3.8, 4) is 0 Å². The van der Waals surface area contributed by atoms with Gasteiger partial charge in [-0.25, -0.2) is 0 Å². The summed E-state index contributed by atoms with van der Waals surface area (Å²) in [4.78, 5) is 10.6. The van der Waals surface area contributed by atoms with Gasteiger partial charge in [-0.1, -0.05) is 24.3 Å². The molecular formula is C14H8NO2. The number of nitro groups is 1. The minimum absolute atomic E-state index is 0.129. The summed E-state index contributed by atoms with van der Waals surface area (Å²) in [6, 6.07) is 17.7. The van der Waals surface area contributed by atoms with Crippen molar-refractivity contribution in [2.24, 2.45) is 0 Å². The first-order valence-corrected chi connectivity index (χ1v) is 5.23. The summed E-state index contributed by atoms with van der Waals surface area (Å²) < 4.78 is 0. The van der Waals surface area contributed by atoms with E-state index in [0.717, 1.165) is 16.2 Å². The van der Waals surface area contributed by atoms with Crippen LogP contribution in [0.3, 0.4) is 0 Å². The van der Waals surface area contributed by atoms with E-state index in [2.05, 4.69) is 6.07 Å². The van der Waals surface area contributed by atoms with Crippen molar-refractivity contribution >= 4 is 27.2 Å². The zero-order valence-electron chi connectivity index (χ0n) is 8.88. The Morgan fingerprint density at radius 3 is 2.47 bits per heavy atom. The van der Waals surface area contributed by atoms with Gasteiger partial charge >= 0.3 is 0 Å². The molecule has 0 aliphatic carbocycles. The Morgan fingerprint density at radius 1 is 1.06 bits per heavy atom. The molecule has 1 radical (unpaired) electrons. The number of hydrogen-bond acceptors (Lipinski definition) is 2. The number of nitrogens with zero attached hydrogens (tertiary/aromatic N) is 1. The SMILES string of the molecule is O=[N+]([O-])c1cc[c]c2cc3ccccc3cc12. The first-order chi connectivity index (χ1) is 8.25. The van der Waals surface area contributed by atoms with Gasteiger partial charge < -0.3 is 0 Å². The Balaban J connectivity index is 2.47. The maximum atomic E-state index is 10.9. The zero-order valence-corrected chi connectivity index (χ0v) is 8.88. The average Bonchev–Trinajstić information content (AvgIpc) is 2.35. The van der Waals surface area contributed by atoms with Crippen molar-refractivity contribution in [2.75, 3.05) is 0 Å². The van der Waals surface area contributed by atoms with Gasteiger partial charge in [-0.3, -0.25) is 10.1 Å². The Bertz CT molecular complexity index is 734. The molecule has 0 heterocycles. The molecule has 3 rings (SSSR count). The molecule has 0 bridgehead atoms. The van der Waals surface area contributed by atoms with Crippen molar-refractivity contribution in [1.29, 1.82) is 0 Å². The third kappa shape index (κ3) is 1.52. The minimum Gasteiger partial charge on any atom is -0.258 e. The van der Waals surface area contributed by atoms with Crippen molar-refractivity contribution < 1.29 is 4.92 Å². The van der Waals surface area contributed by atoms with Crippen molar-refractivity contribution in [1.82, 2.24) is 0 Å². The lowest BCUT2D eigenvalue weighted by Gasteiger charge is -2.02. The van der Waals surface area contributed by atoms with Gasteiger partial charge in [-0.05, 0) is 40.4 Å². The molecule has 3 aromatic carbocycles. The molecule has 0 aliphatic heterocycles. The van der Waals surface area contributed by atoms with Crippen LogP contribution in [0, 0.1) is 16.2 Å². The highest BCUT2D eigenvalue weighted by molar-refractivity contribution is 6.01. The van der Waals surface area contributed by atoms with Crippen molar-refractivity contribution in [3.63, 3.8) is 0 Å². The van der Waals surface area contributed by atoms with Crippen LogP contribution >= 0.6 is 0 Å². The lowest BCUT2D eigenvalue weighted by molar-refractivity contribution is -0.383. The smallest absolute Gasteiger partial charge is 0.258 e. The quantitative estimate of drug-likeness (QED) is 0.358. The normalized spacial score (nSPS) is 10.8. The van der Waals surface area contributed by atoms with Crippen LogP contribution in [0.5, 0.6) is 0 Å². The molecule has 0 fully saturated rings. The van der Waals surface area contributed by atoms with E-state index in [1.54, 1.807) is 6.07 Å². The Labute approximate surface area is 97.4 Å². The first-order valence-electron chi connectivity index (χ1n) is 5.23. The minimum atomic E-state index is -0.356. The first kappa shape index (κ1) is 9.78. The summed E-state index contributed by atoms with van der Waals surface area (Å²) in [6.45, 7) is 0. The van der Waals surface area contributed by atoms with Gasteiger partial charge in [-0.15, -0.1) is 0 Å².